The number of halogens is 3. The Balaban J connectivity index is 1.39. The predicted molar refractivity (Wildman–Crippen MR) is 122 cm³/mol. The van der Waals surface area contributed by atoms with E-state index in [1.807, 2.05) is 23.1 Å². The summed E-state index contributed by atoms with van der Waals surface area (Å²) < 4.78 is 40.8. The first-order valence-electron chi connectivity index (χ1n) is 11.4. The molecule has 2 unspecified atom stereocenters. The van der Waals surface area contributed by atoms with Gasteiger partial charge >= 0.3 is 0 Å². The van der Waals surface area contributed by atoms with Crippen LogP contribution in [0.5, 0.6) is 0 Å². The fraction of sp³-hybridized carbons (Fsp3) is 0.346. The lowest BCUT2D eigenvalue weighted by Gasteiger charge is -2.36. The first-order chi connectivity index (χ1) is 16.0. The van der Waals surface area contributed by atoms with Crippen molar-refractivity contribution in [1.29, 1.82) is 0 Å². The van der Waals surface area contributed by atoms with Crippen LogP contribution in [0.2, 0.25) is 0 Å². The molecule has 1 heterocycles. The Labute approximate surface area is 190 Å². The van der Waals surface area contributed by atoms with E-state index in [-0.39, 0.29) is 23.7 Å². The number of carbonyl (C=O) groups excluding carboxylic acids is 1. The monoisotopic (exact) mass is 453 g/mol. The van der Waals surface area contributed by atoms with E-state index >= 15 is 0 Å². The summed E-state index contributed by atoms with van der Waals surface area (Å²) in [6.45, 7) is 1.68. The van der Waals surface area contributed by atoms with E-state index in [1.165, 1.54) is 0 Å². The lowest BCUT2D eigenvalue weighted by molar-refractivity contribution is -0.137. The number of hydrogen-bond acceptors (Lipinski definition) is 3. The first kappa shape index (κ1) is 21.8. The summed E-state index contributed by atoms with van der Waals surface area (Å²) >= 11 is 0. The molecule has 0 radical (unpaired) electrons. The molecule has 2 fully saturated rings. The zero-order chi connectivity index (χ0) is 22.9. The van der Waals surface area contributed by atoms with Crippen molar-refractivity contribution >= 4 is 22.4 Å². The molecule has 1 amide bonds. The fourth-order valence-corrected chi connectivity index (χ4v) is 4.74. The normalized spacial score (nSPS) is 20.6. The smallest absolute Gasteiger partial charge is 0.229 e. The topological polar surface area (TPSA) is 44.4 Å². The SMILES string of the molecule is O=C(C1CNCCC1Nc1cc(F)c(F)c(F)c1)N(Cc1cccc2ccccc12)C1CC1. The van der Waals surface area contributed by atoms with Crippen LogP contribution in [0.15, 0.2) is 54.6 Å². The Morgan fingerprint density at radius 3 is 2.48 bits per heavy atom. The maximum atomic E-state index is 13.7. The minimum absolute atomic E-state index is 0.0261. The van der Waals surface area contributed by atoms with Gasteiger partial charge in [-0.3, -0.25) is 4.79 Å². The number of anilines is 1. The number of benzene rings is 3. The molecule has 0 aromatic heterocycles. The standard InChI is InChI=1S/C26H26F3N3O/c27-22-12-18(13-23(28)25(22)29)31-24-10-11-30-14-21(24)26(33)32(19-8-9-19)15-17-6-3-5-16-4-1-2-7-20(16)17/h1-7,12-13,19,21,24,30-31H,8-11,14-15H2. The summed E-state index contributed by atoms with van der Waals surface area (Å²) in [6.07, 6.45) is 2.57. The van der Waals surface area contributed by atoms with Crippen LogP contribution in [0.1, 0.15) is 24.8 Å². The number of piperidine rings is 1. The van der Waals surface area contributed by atoms with Gasteiger partial charge in [-0.15, -0.1) is 0 Å². The van der Waals surface area contributed by atoms with Gasteiger partial charge in [-0.05, 0) is 42.1 Å². The van der Waals surface area contributed by atoms with E-state index < -0.39 is 23.4 Å². The van der Waals surface area contributed by atoms with E-state index in [2.05, 4.69) is 34.9 Å². The van der Waals surface area contributed by atoms with Gasteiger partial charge in [0.25, 0.3) is 0 Å². The molecule has 0 spiro atoms. The fourth-order valence-electron chi connectivity index (χ4n) is 4.74. The second-order valence-electron chi connectivity index (χ2n) is 8.94. The van der Waals surface area contributed by atoms with Gasteiger partial charge in [0.15, 0.2) is 17.5 Å². The Morgan fingerprint density at radius 2 is 1.73 bits per heavy atom. The van der Waals surface area contributed by atoms with Crippen LogP contribution in [0.25, 0.3) is 10.8 Å². The first-order valence-corrected chi connectivity index (χ1v) is 11.4. The molecule has 2 aliphatic rings. The van der Waals surface area contributed by atoms with Crippen LogP contribution in [0.4, 0.5) is 18.9 Å². The van der Waals surface area contributed by atoms with Crippen molar-refractivity contribution in [1.82, 2.24) is 10.2 Å². The number of nitrogens with zero attached hydrogens (tertiary/aromatic N) is 1. The van der Waals surface area contributed by atoms with Crippen LogP contribution in [-0.2, 0) is 11.3 Å². The van der Waals surface area contributed by atoms with E-state index in [0.717, 1.165) is 41.3 Å². The maximum absolute atomic E-state index is 13.7. The summed E-state index contributed by atoms with van der Waals surface area (Å²) in [5, 5.41) is 8.64. The number of hydrogen-bond donors (Lipinski definition) is 2. The van der Waals surface area contributed by atoms with Crippen molar-refractivity contribution in [2.45, 2.75) is 37.9 Å². The van der Waals surface area contributed by atoms with Gasteiger partial charge in [0.1, 0.15) is 0 Å². The molecule has 1 aliphatic heterocycles. The van der Waals surface area contributed by atoms with Crippen LogP contribution >= 0.6 is 0 Å². The zero-order valence-corrected chi connectivity index (χ0v) is 18.2. The van der Waals surface area contributed by atoms with E-state index in [1.54, 1.807) is 0 Å². The Kier molecular flexibility index (Phi) is 5.98. The minimum Gasteiger partial charge on any atom is -0.381 e. The van der Waals surface area contributed by atoms with Crippen molar-refractivity contribution in [2.75, 3.05) is 18.4 Å². The molecule has 172 valence electrons. The molecule has 3 aromatic rings. The minimum atomic E-state index is -1.49. The summed E-state index contributed by atoms with van der Waals surface area (Å²) in [7, 11) is 0. The van der Waals surface area contributed by atoms with Gasteiger partial charge in [-0.2, -0.15) is 0 Å². The van der Waals surface area contributed by atoms with Gasteiger partial charge in [-0.25, -0.2) is 13.2 Å². The Morgan fingerprint density at radius 1 is 1.00 bits per heavy atom. The highest BCUT2D eigenvalue weighted by atomic mass is 19.2. The molecule has 2 atom stereocenters. The average molecular weight is 454 g/mol. The molecule has 1 saturated carbocycles. The molecule has 2 N–H and O–H groups in total. The van der Waals surface area contributed by atoms with E-state index in [9.17, 15) is 18.0 Å². The average Bonchev–Trinajstić information content (AvgIpc) is 3.66. The van der Waals surface area contributed by atoms with Crippen molar-refractivity contribution < 1.29 is 18.0 Å². The molecule has 1 aliphatic carbocycles. The summed E-state index contributed by atoms with van der Waals surface area (Å²) in [6, 6.07) is 16.1. The lowest BCUT2D eigenvalue weighted by atomic mass is 9.91. The second-order valence-corrected chi connectivity index (χ2v) is 8.94. The highest BCUT2D eigenvalue weighted by Crippen LogP contribution is 2.33. The molecule has 4 nitrogen and oxygen atoms in total. The number of nitrogens with one attached hydrogen (secondary N) is 2. The quantitative estimate of drug-likeness (QED) is 0.525. The lowest BCUT2D eigenvalue weighted by Crippen LogP contribution is -2.52. The summed E-state index contributed by atoms with van der Waals surface area (Å²) in [5.41, 5.74) is 1.24. The third kappa shape index (κ3) is 4.55. The van der Waals surface area contributed by atoms with Crippen LogP contribution < -0.4 is 10.6 Å². The van der Waals surface area contributed by atoms with Crippen molar-refractivity contribution in [3.63, 3.8) is 0 Å². The van der Waals surface area contributed by atoms with Crippen LogP contribution in [0.3, 0.4) is 0 Å². The van der Waals surface area contributed by atoms with Crippen molar-refractivity contribution in [2.24, 2.45) is 5.92 Å². The number of fused-ring (bicyclic) bond motifs is 1. The second kappa shape index (κ2) is 9.06. The molecule has 3 aromatic carbocycles. The number of amides is 1. The van der Waals surface area contributed by atoms with E-state index in [0.29, 0.717) is 26.1 Å². The number of carbonyl (C=O) groups is 1. The summed E-state index contributed by atoms with van der Waals surface area (Å²) in [5.74, 6) is -4.35. The van der Waals surface area contributed by atoms with Gasteiger partial charge < -0.3 is 15.5 Å². The van der Waals surface area contributed by atoms with Gasteiger partial charge in [-0.1, -0.05) is 42.5 Å². The van der Waals surface area contributed by atoms with Crippen molar-refractivity contribution in [3.8, 4) is 0 Å². The van der Waals surface area contributed by atoms with Crippen LogP contribution in [-0.4, -0.2) is 36.0 Å². The van der Waals surface area contributed by atoms with Gasteiger partial charge in [0, 0.05) is 43.0 Å². The van der Waals surface area contributed by atoms with Gasteiger partial charge in [0.2, 0.25) is 5.91 Å². The molecular weight excluding hydrogens is 427 g/mol. The Hall–Kier alpha value is -3.06. The maximum Gasteiger partial charge on any atom is 0.229 e. The third-order valence-electron chi connectivity index (χ3n) is 6.63. The molecule has 0 bridgehead atoms. The molecule has 1 saturated heterocycles. The predicted octanol–water partition coefficient (Wildman–Crippen LogP) is 4.84. The number of rotatable bonds is 6. The molecule has 33 heavy (non-hydrogen) atoms. The molecular formula is C26H26F3N3O. The highest BCUT2D eigenvalue weighted by Gasteiger charge is 2.40. The van der Waals surface area contributed by atoms with Crippen molar-refractivity contribution in [3.05, 3.63) is 77.6 Å². The largest absolute Gasteiger partial charge is 0.381 e. The van der Waals surface area contributed by atoms with Gasteiger partial charge in [0.05, 0.1) is 5.92 Å². The highest BCUT2D eigenvalue weighted by molar-refractivity contribution is 5.87. The Bertz CT molecular complexity index is 1150. The zero-order valence-electron chi connectivity index (χ0n) is 18.2. The van der Waals surface area contributed by atoms with Crippen LogP contribution in [0, 0.1) is 23.4 Å². The molecule has 7 heteroatoms. The summed E-state index contributed by atoms with van der Waals surface area (Å²) in [4.78, 5) is 15.7. The molecule has 5 rings (SSSR count). The van der Waals surface area contributed by atoms with E-state index in [4.69, 9.17) is 0 Å². The third-order valence-corrected chi connectivity index (χ3v) is 6.63.